The second kappa shape index (κ2) is 4.94. The van der Waals surface area contributed by atoms with Crippen LogP contribution in [0, 0.1) is 6.92 Å². The molecule has 0 aliphatic rings. The molecule has 0 aliphatic heterocycles. The Morgan fingerprint density at radius 2 is 2.37 bits per heavy atom. The summed E-state index contributed by atoms with van der Waals surface area (Å²) in [6, 6.07) is 3.97. The van der Waals surface area contributed by atoms with Gasteiger partial charge in [0.15, 0.2) is 0 Å². The monoisotopic (exact) mass is 290 g/mol. The fraction of sp³-hybridized carbons (Fsp3) is 0.0833. The maximum absolute atomic E-state index is 12.1. The predicted molar refractivity (Wildman–Crippen MR) is 76.7 cm³/mol. The Hall–Kier alpha value is -1.99. The van der Waals surface area contributed by atoms with Crippen molar-refractivity contribution in [2.75, 3.05) is 5.32 Å². The molecule has 0 radical (unpaired) electrons. The number of rotatable bonds is 3. The molecule has 3 aromatic rings. The SMILES string of the molecule is Cc1nc(-c2cccs2)sc1C(=O)Nc1cn[nH]c1. The first-order valence-electron chi connectivity index (χ1n) is 5.55. The first-order valence-corrected chi connectivity index (χ1v) is 7.25. The molecule has 3 aromatic heterocycles. The minimum Gasteiger partial charge on any atom is -0.319 e. The van der Waals surface area contributed by atoms with Crippen molar-refractivity contribution in [2.24, 2.45) is 0 Å². The zero-order valence-electron chi connectivity index (χ0n) is 10.0. The van der Waals surface area contributed by atoms with Crippen LogP contribution in [0.1, 0.15) is 15.4 Å². The number of aromatic amines is 1. The Kier molecular flexibility index (Phi) is 3.14. The fourth-order valence-electron chi connectivity index (χ4n) is 1.62. The topological polar surface area (TPSA) is 70.7 Å². The lowest BCUT2D eigenvalue weighted by atomic mass is 10.3. The molecule has 0 spiro atoms. The Morgan fingerprint density at radius 3 is 3.05 bits per heavy atom. The lowest BCUT2D eigenvalue weighted by molar-refractivity contribution is 0.103. The smallest absolute Gasteiger partial charge is 0.267 e. The fourth-order valence-corrected chi connectivity index (χ4v) is 3.38. The van der Waals surface area contributed by atoms with Crippen LogP contribution in [0.15, 0.2) is 29.9 Å². The van der Waals surface area contributed by atoms with Crippen molar-refractivity contribution in [1.29, 1.82) is 0 Å². The summed E-state index contributed by atoms with van der Waals surface area (Å²) in [4.78, 5) is 18.3. The first-order chi connectivity index (χ1) is 9.24. The van der Waals surface area contributed by atoms with Crippen LogP contribution in [0.25, 0.3) is 9.88 Å². The number of aryl methyl sites for hydroxylation is 1. The van der Waals surface area contributed by atoms with Crippen molar-refractivity contribution in [3.05, 3.63) is 40.5 Å². The average molecular weight is 290 g/mol. The van der Waals surface area contributed by atoms with Gasteiger partial charge in [0.05, 0.1) is 22.5 Å². The number of nitrogens with zero attached hydrogens (tertiary/aromatic N) is 2. The molecule has 2 N–H and O–H groups in total. The first kappa shape index (κ1) is 12.1. The van der Waals surface area contributed by atoms with Crippen molar-refractivity contribution >= 4 is 34.3 Å². The van der Waals surface area contributed by atoms with E-state index in [1.165, 1.54) is 11.3 Å². The maximum atomic E-state index is 12.1. The molecule has 0 aromatic carbocycles. The summed E-state index contributed by atoms with van der Waals surface area (Å²) in [6.07, 6.45) is 3.20. The summed E-state index contributed by atoms with van der Waals surface area (Å²) in [6.45, 7) is 1.85. The van der Waals surface area contributed by atoms with Gasteiger partial charge < -0.3 is 5.32 Å². The van der Waals surface area contributed by atoms with Crippen LogP contribution in [0.4, 0.5) is 5.69 Å². The minimum absolute atomic E-state index is 0.154. The molecule has 96 valence electrons. The molecule has 0 saturated carbocycles. The Labute approximate surface area is 117 Å². The molecule has 0 fully saturated rings. The second-order valence-electron chi connectivity index (χ2n) is 3.85. The Morgan fingerprint density at radius 1 is 1.47 bits per heavy atom. The van der Waals surface area contributed by atoms with E-state index >= 15 is 0 Å². The van der Waals surface area contributed by atoms with Crippen molar-refractivity contribution in [3.8, 4) is 9.88 Å². The number of anilines is 1. The zero-order chi connectivity index (χ0) is 13.2. The van der Waals surface area contributed by atoms with Crippen LogP contribution in [0.5, 0.6) is 0 Å². The highest BCUT2D eigenvalue weighted by molar-refractivity contribution is 7.22. The number of hydrogen-bond donors (Lipinski definition) is 2. The van der Waals surface area contributed by atoms with Crippen LogP contribution < -0.4 is 5.32 Å². The average Bonchev–Trinajstić information content (AvgIpc) is 3.07. The highest BCUT2D eigenvalue weighted by atomic mass is 32.1. The third kappa shape index (κ3) is 2.42. The van der Waals surface area contributed by atoms with Gasteiger partial charge in [0.25, 0.3) is 5.91 Å². The number of nitrogens with one attached hydrogen (secondary N) is 2. The van der Waals surface area contributed by atoms with E-state index in [1.54, 1.807) is 23.7 Å². The zero-order valence-corrected chi connectivity index (χ0v) is 11.6. The summed E-state index contributed by atoms with van der Waals surface area (Å²) < 4.78 is 0. The number of aromatic nitrogens is 3. The number of thiazole rings is 1. The van der Waals surface area contributed by atoms with Crippen LogP contribution in [0.3, 0.4) is 0 Å². The van der Waals surface area contributed by atoms with Crippen molar-refractivity contribution in [1.82, 2.24) is 15.2 Å². The number of hydrogen-bond acceptors (Lipinski definition) is 5. The number of thiophene rings is 1. The number of H-pyrrole nitrogens is 1. The van der Waals surface area contributed by atoms with Crippen molar-refractivity contribution < 1.29 is 4.79 Å². The minimum atomic E-state index is -0.154. The van der Waals surface area contributed by atoms with Crippen molar-refractivity contribution in [2.45, 2.75) is 6.92 Å². The number of amides is 1. The van der Waals surface area contributed by atoms with E-state index in [9.17, 15) is 4.79 Å². The molecule has 3 heterocycles. The normalized spacial score (nSPS) is 10.6. The van der Waals surface area contributed by atoms with E-state index in [1.807, 2.05) is 24.4 Å². The van der Waals surface area contributed by atoms with Gasteiger partial charge in [0, 0.05) is 6.20 Å². The number of carbonyl (C=O) groups excluding carboxylic acids is 1. The summed E-state index contributed by atoms with van der Waals surface area (Å²) in [5, 5.41) is 12.1. The van der Waals surface area contributed by atoms with E-state index in [2.05, 4.69) is 20.5 Å². The molecule has 7 heteroatoms. The molecule has 5 nitrogen and oxygen atoms in total. The van der Waals surface area contributed by atoms with Gasteiger partial charge in [-0.1, -0.05) is 6.07 Å². The van der Waals surface area contributed by atoms with E-state index in [0.717, 1.165) is 15.6 Å². The van der Waals surface area contributed by atoms with Gasteiger partial charge in [-0.05, 0) is 18.4 Å². The van der Waals surface area contributed by atoms with E-state index in [-0.39, 0.29) is 5.91 Å². The molecule has 1 amide bonds. The van der Waals surface area contributed by atoms with Gasteiger partial charge in [-0.15, -0.1) is 22.7 Å². The molecule has 19 heavy (non-hydrogen) atoms. The van der Waals surface area contributed by atoms with Gasteiger partial charge in [0.1, 0.15) is 9.88 Å². The molecule has 0 aliphatic carbocycles. The molecule has 0 unspecified atom stereocenters. The van der Waals surface area contributed by atoms with Crippen molar-refractivity contribution in [3.63, 3.8) is 0 Å². The maximum Gasteiger partial charge on any atom is 0.267 e. The summed E-state index contributed by atoms with van der Waals surface area (Å²) in [5.74, 6) is -0.154. The largest absolute Gasteiger partial charge is 0.319 e. The molecule has 0 atom stereocenters. The highest BCUT2D eigenvalue weighted by Crippen LogP contribution is 2.31. The second-order valence-corrected chi connectivity index (χ2v) is 5.80. The third-order valence-corrected chi connectivity index (χ3v) is 4.69. The Bertz CT molecular complexity index is 685. The highest BCUT2D eigenvalue weighted by Gasteiger charge is 2.16. The quantitative estimate of drug-likeness (QED) is 0.778. The molecule has 0 bridgehead atoms. The van der Waals surface area contributed by atoms with Gasteiger partial charge in [0.2, 0.25) is 0 Å². The van der Waals surface area contributed by atoms with Gasteiger partial charge in [-0.2, -0.15) is 5.10 Å². The third-order valence-electron chi connectivity index (χ3n) is 2.49. The van der Waals surface area contributed by atoms with Crippen LogP contribution in [-0.2, 0) is 0 Å². The van der Waals surface area contributed by atoms with Crippen LogP contribution in [0.2, 0.25) is 0 Å². The standard InChI is InChI=1S/C12H10N4OS2/c1-7-10(11(17)16-8-5-13-14-6-8)19-12(15-7)9-3-2-4-18-9/h2-6H,1H3,(H,13,14)(H,16,17). The van der Waals surface area contributed by atoms with Gasteiger partial charge >= 0.3 is 0 Å². The molecular weight excluding hydrogens is 280 g/mol. The van der Waals surface area contributed by atoms with Gasteiger partial charge in [-0.3, -0.25) is 9.89 Å². The van der Waals surface area contributed by atoms with Crippen LogP contribution >= 0.6 is 22.7 Å². The summed E-state index contributed by atoms with van der Waals surface area (Å²) in [5.41, 5.74) is 1.39. The van der Waals surface area contributed by atoms with E-state index in [0.29, 0.717) is 10.6 Å². The lowest BCUT2D eigenvalue weighted by Gasteiger charge is -1.99. The summed E-state index contributed by atoms with van der Waals surface area (Å²) in [7, 11) is 0. The number of carbonyl (C=O) groups is 1. The Balaban J connectivity index is 1.87. The lowest BCUT2D eigenvalue weighted by Crippen LogP contribution is -2.10. The van der Waals surface area contributed by atoms with Crippen LogP contribution in [-0.4, -0.2) is 21.1 Å². The van der Waals surface area contributed by atoms with E-state index in [4.69, 9.17) is 0 Å². The van der Waals surface area contributed by atoms with E-state index < -0.39 is 0 Å². The predicted octanol–water partition coefficient (Wildman–Crippen LogP) is 3.16. The molecular formula is C12H10N4OS2. The van der Waals surface area contributed by atoms with Gasteiger partial charge in [-0.25, -0.2) is 4.98 Å². The summed E-state index contributed by atoms with van der Waals surface area (Å²) >= 11 is 3.02. The molecule has 0 saturated heterocycles. The molecule has 3 rings (SSSR count).